The summed E-state index contributed by atoms with van der Waals surface area (Å²) in [6, 6.07) is 3.95. The van der Waals surface area contributed by atoms with Gasteiger partial charge >= 0.3 is 6.55 Å². The van der Waals surface area contributed by atoms with Crippen molar-refractivity contribution in [3.8, 4) is 11.4 Å². The van der Waals surface area contributed by atoms with Crippen LogP contribution in [0.15, 0.2) is 43.1 Å². The van der Waals surface area contributed by atoms with E-state index in [-0.39, 0.29) is 29.4 Å². The number of aromatic nitrogens is 6. The lowest BCUT2D eigenvalue weighted by Crippen LogP contribution is -2.29. The summed E-state index contributed by atoms with van der Waals surface area (Å²) in [5, 5.41) is 6.75. The Morgan fingerprint density at radius 2 is 2.06 bits per heavy atom. The summed E-state index contributed by atoms with van der Waals surface area (Å²) in [7, 11) is 0. The smallest absolute Gasteiger partial charge is 0.333 e. The van der Waals surface area contributed by atoms with E-state index in [1.54, 1.807) is 23.0 Å². The third-order valence-corrected chi connectivity index (χ3v) is 6.55. The number of nitrogens with one attached hydrogen (secondary N) is 1. The third kappa shape index (κ3) is 4.16. The van der Waals surface area contributed by atoms with Gasteiger partial charge < -0.3 is 14.5 Å². The van der Waals surface area contributed by atoms with Crippen LogP contribution < -0.4 is 5.32 Å². The van der Waals surface area contributed by atoms with E-state index in [9.17, 15) is 13.6 Å². The average molecular weight is 479 g/mol. The van der Waals surface area contributed by atoms with Crippen LogP contribution in [-0.2, 0) is 16.0 Å². The number of pyridine rings is 1. The lowest BCUT2D eigenvalue weighted by Gasteiger charge is -2.25. The van der Waals surface area contributed by atoms with Crippen LogP contribution in [0.25, 0.3) is 17.0 Å². The van der Waals surface area contributed by atoms with Gasteiger partial charge in [0.1, 0.15) is 5.69 Å². The lowest BCUT2D eigenvalue weighted by atomic mass is 9.97. The van der Waals surface area contributed by atoms with Crippen molar-refractivity contribution in [3.63, 3.8) is 0 Å². The zero-order valence-electron chi connectivity index (χ0n) is 18.9. The second-order valence-corrected chi connectivity index (χ2v) is 9.21. The quantitative estimate of drug-likeness (QED) is 0.435. The first kappa shape index (κ1) is 21.8. The molecule has 35 heavy (non-hydrogen) atoms. The maximum Gasteiger partial charge on any atom is 0.333 e. The van der Waals surface area contributed by atoms with E-state index >= 15 is 0 Å². The molecule has 1 aliphatic carbocycles. The minimum absolute atomic E-state index is 0.107. The molecule has 2 aliphatic rings. The molecular formula is C24H23F2N7O2. The molecule has 5 heterocycles. The number of ether oxygens (including phenoxy) is 1. The largest absolute Gasteiger partial charge is 0.381 e. The van der Waals surface area contributed by atoms with Crippen molar-refractivity contribution in [1.82, 2.24) is 29.1 Å². The SMILES string of the molecule is Cc1ccc([C@@H]2C[C@@H]2C(=O)Nc2cn3cc(-c4c(CC5COC5)cnn4C(F)F)ncc3n2)nc1. The Balaban J connectivity index is 1.22. The van der Waals surface area contributed by atoms with Crippen LogP contribution in [-0.4, -0.2) is 48.3 Å². The summed E-state index contributed by atoms with van der Waals surface area (Å²) in [6.07, 6.45) is 9.40. The number of aryl methyl sites for hydroxylation is 1. The molecule has 0 spiro atoms. The molecule has 1 aliphatic heterocycles. The number of hydrogen-bond acceptors (Lipinski definition) is 6. The van der Waals surface area contributed by atoms with Crippen molar-refractivity contribution in [2.45, 2.75) is 32.2 Å². The molecular weight excluding hydrogens is 456 g/mol. The molecule has 6 rings (SSSR count). The highest BCUT2D eigenvalue weighted by molar-refractivity contribution is 5.94. The third-order valence-electron chi connectivity index (χ3n) is 6.55. The first-order valence-electron chi connectivity index (χ1n) is 11.5. The normalized spacial score (nSPS) is 19.8. The van der Waals surface area contributed by atoms with E-state index in [1.807, 2.05) is 19.1 Å². The Hall–Kier alpha value is -3.73. The number of carbonyl (C=O) groups excluding carboxylic acids is 1. The highest BCUT2D eigenvalue weighted by atomic mass is 19.3. The van der Waals surface area contributed by atoms with Gasteiger partial charge in [0.2, 0.25) is 5.91 Å². The predicted octanol–water partition coefficient (Wildman–Crippen LogP) is 3.62. The molecule has 2 fully saturated rings. The van der Waals surface area contributed by atoms with Gasteiger partial charge in [-0.15, -0.1) is 0 Å². The van der Waals surface area contributed by atoms with Crippen molar-refractivity contribution in [2.24, 2.45) is 11.8 Å². The van der Waals surface area contributed by atoms with E-state index in [1.165, 1.54) is 12.4 Å². The monoisotopic (exact) mass is 479 g/mol. The van der Waals surface area contributed by atoms with Crippen molar-refractivity contribution >= 4 is 17.4 Å². The summed E-state index contributed by atoms with van der Waals surface area (Å²) in [5.41, 5.74) is 3.82. The van der Waals surface area contributed by atoms with Crippen LogP contribution in [0.1, 0.15) is 35.7 Å². The second kappa shape index (κ2) is 8.49. The number of hydrogen-bond donors (Lipinski definition) is 1. The summed E-state index contributed by atoms with van der Waals surface area (Å²) < 4.78 is 34.9. The van der Waals surface area contributed by atoms with Gasteiger partial charge in [0.15, 0.2) is 11.5 Å². The molecule has 1 N–H and O–H groups in total. The molecule has 0 unspecified atom stereocenters. The van der Waals surface area contributed by atoms with Gasteiger partial charge in [-0.2, -0.15) is 13.9 Å². The maximum absolute atomic E-state index is 13.7. The van der Waals surface area contributed by atoms with E-state index in [4.69, 9.17) is 4.74 Å². The molecule has 1 saturated heterocycles. The van der Waals surface area contributed by atoms with E-state index < -0.39 is 6.55 Å². The first-order valence-corrected chi connectivity index (χ1v) is 11.5. The lowest BCUT2D eigenvalue weighted by molar-refractivity contribution is -0.117. The van der Waals surface area contributed by atoms with Gasteiger partial charge in [-0.25, -0.2) is 14.6 Å². The minimum atomic E-state index is -2.79. The number of anilines is 1. The van der Waals surface area contributed by atoms with Crippen molar-refractivity contribution in [1.29, 1.82) is 0 Å². The van der Waals surface area contributed by atoms with Crippen LogP contribution in [0.5, 0.6) is 0 Å². The van der Waals surface area contributed by atoms with Gasteiger partial charge in [-0.3, -0.25) is 9.78 Å². The molecule has 0 aromatic carbocycles. The fourth-order valence-corrected chi connectivity index (χ4v) is 4.50. The van der Waals surface area contributed by atoms with Gasteiger partial charge in [-0.1, -0.05) is 6.07 Å². The fourth-order valence-electron chi connectivity index (χ4n) is 4.50. The highest BCUT2D eigenvalue weighted by Gasteiger charge is 2.45. The van der Waals surface area contributed by atoms with Crippen molar-refractivity contribution in [3.05, 3.63) is 59.9 Å². The molecule has 180 valence electrons. The predicted molar refractivity (Wildman–Crippen MR) is 122 cm³/mol. The minimum Gasteiger partial charge on any atom is -0.381 e. The second-order valence-electron chi connectivity index (χ2n) is 9.21. The molecule has 4 aromatic heterocycles. The molecule has 0 bridgehead atoms. The topological polar surface area (TPSA) is 99.2 Å². The van der Waals surface area contributed by atoms with Gasteiger partial charge in [0, 0.05) is 41.4 Å². The number of carbonyl (C=O) groups is 1. The molecule has 11 heteroatoms. The number of fused-ring (bicyclic) bond motifs is 1. The zero-order valence-corrected chi connectivity index (χ0v) is 18.9. The Morgan fingerprint density at radius 1 is 1.20 bits per heavy atom. The summed E-state index contributed by atoms with van der Waals surface area (Å²) in [4.78, 5) is 26.0. The summed E-state index contributed by atoms with van der Waals surface area (Å²) in [5.74, 6) is 0.502. The fraction of sp³-hybridized carbons (Fsp3) is 0.375. The van der Waals surface area contributed by atoms with E-state index in [2.05, 4.69) is 25.4 Å². The Labute approximate surface area is 199 Å². The number of alkyl halides is 2. The van der Waals surface area contributed by atoms with E-state index in [0.29, 0.717) is 47.0 Å². The maximum atomic E-state index is 13.7. The first-order chi connectivity index (χ1) is 17.0. The summed E-state index contributed by atoms with van der Waals surface area (Å²) in [6.45, 7) is 0.403. The number of imidazole rings is 1. The van der Waals surface area contributed by atoms with Crippen molar-refractivity contribution < 1.29 is 18.3 Å². The van der Waals surface area contributed by atoms with E-state index in [0.717, 1.165) is 17.7 Å². The molecule has 1 saturated carbocycles. The van der Waals surface area contributed by atoms with Crippen LogP contribution >= 0.6 is 0 Å². The molecule has 9 nitrogen and oxygen atoms in total. The van der Waals surface area contributed by atoms with Crippen molar-refractivity contribution in [2.75, 3.05) is 18.5 Å². The Kier molecular flexibility index (Phi) is 5.28. The Bertz CT molecular complexity index is 1390. The Morgan fingerprint density at radius 3 is 2.77 bits per heavy atom. The number of halogens is 2. The highest BCUT2D eigenvalue weighted by Crippen LogP contribution is 2.47. The summed E-state index contributed by atoms with van der Waals surface area (Å²) >= 11 is 0. The van der Waals surface area contributed by atoms with Gasteiger partial charge in [-0.05, 0) is 31.4 Å². The van der Waals surface area contributed by atoms with Gasteiger partial charge in [0.25, 0.3) is 0 Å². The zero-order chi connectivity index (χ0) is 24.1. The van der Waals surface area contributed by atoms with Crippen LogP contribution in [0, 0.1) is 18.8 Å². The number of rotatable bonds is 7. The molecule has 2 atom stereocenters. The average Bonchev–Trinajstić information content (AvgIpc) is 3.33. The van der Waals surface area contributed by atoms with Crippen LogP contribution in [0.2, 0.25) is 0 Å². The standard InChI is InChI=1S/C24H23F2N7O2/c1-13-2-3-18(27-6-13)16-5-17(16)23(34)31-20-10-32-9-19(28-8-21(32)30-20)22-15(4-14-11-35-12-14)7-29-33(22)24(25)26/h2-3,6-10,14,16-17,24H,4-5,11-12H2,1H3,(H,31,34)/t16-,17+/m1/s1. The molecule has 4 aromatic rings. The molecule has 1 amide bonds. The van der Waals surface area contributed by atoms with Gasteiger partial charge in [0.05, 0.1) is 37.5 Å². The molecule has 0 radical (unpaired) electrons. The van der Waals surface area contributed by atoms with Crippen LogP contribution in [0.3, 0.4) is 0 Å². The van der Waals surface area contributed by atoms with Crippen LogP contribution in [0.4, 0.5) is 14.6 Å². The number of nitrogens with zero attached hydrogens (tertiary/aromatic N) is 6. The number of amides is 1.